The second-order valence-corrected chi connectivity index (χ2v) is 9.57. The molecule has 8 nitrogen and oxygen atoms in total. The number of aromatic nitrogens is 4. The minimum Gasteiger partial charge on any atom is -0.487 e. The van der Waals surface area contributed by atoms with Crippen LogP contribution in [0.1, 0.15) is 36.3 Å². The summed E-state index contributed by atoms with van der Waals surface area (Å²) in [6.45, 7) is 4.29. The Morgan fingerprint density at radius 1 is 1.22 bits per heavy atom. The molecular formula is C26H30F2N6O2. The standard InChI is InChI=1S/C26H30F2N6O2/c1-15(17-6-5-7-18(10-17)26(27,28)14-35)30-25-20-11-22(36-19-8-9-33(3)13-19)24-21(12-29-34(24)4)23(20)31-16(2)32-25/h5-7,10-12,15,19,35H,8-9,13-14H2,1-4H3,(H,30,31,32)/t15?,19-/m0/s1. The Labute approximate surface area is 207 Å². The van der Waals surface area contributed by atoms with E-state index in [1.807, 2.05) is 27.0 Å². The molecule has 2 aromatic heterocycles. The molecule has 0 bridgehead atoms. The first-order chi connectivity index (χ1) is 17.2. The lowest BCUT2D eigenvalue weighted by molar-refractivity contribution is -0.0556. The Bertz CT molecular complexity index is 1420. The van der Waals surface area contributed by atoms with Crippen molar-refractivity contribution in [1.29, 1.82) is 0 Å². The van der Waals surface area contributed by atoms with Gasteiger partial charge in [-0.15, -0.1) is 0 Å². The molecule has 1 saturated heterocycles. The average molecular weight is 497 g/mol. The first-order valence-corrected chi connectivity index (χ1v) is 12.0. The minimum absolute atomic E-state index is 0.0724. The van der Waals surface area contributed by atoms with Crippen LogP contribution < -0.4 is 10.1 Å². The highest BCUT2D eigenvalue weighted by atomic mass is 19.3. The fourth-order valence-electron chi connectivity index (χ4n) is 4.81. The third kappa shape index (κ3) is 4.46. The van der Waals surface area contributed by atoms with E-state index in [0.29, 0.717) is 23.0 Å². The maximum absolute atomic E-state index is 14.1. The fraction of sp³-hybridized carbons (Fsp3) is 0.423. The van der Waals surface area contributed by atoms with E-state index < -0.39 is 12.5 Å². The number of rotatable bonds is 7. The Morgan fingerprint density at radius 2 is 2.03 bits per heavy atom. The smallest absolute Gasteiger partial charge is 0.295 e. The highest BCUT2D eigenvalue weighted by molar-refractivity contribution is 6.10. The van der Waals surface area contributed by atoms with Crippen molar-refractivity contribution in [3.63, 3.8) is 0 Å². The molecule has 1 fully saturated rings. The normalized spacial score (nSPS) is 17.7. The van der Waals surface area contributed by atoms with Crippen LogP contribution in [0.15, 0.2) is 36.5 Å². The molecule has 36 heavy (non-hydrogen) atoms. The predicted molar refractivity (Wildman–Crippen MR) is 135 cm³/mol. The van der Waals surface area contributed by atoms with Crippen LogP contribution in [0, 0.1) is 6.92 Å². The quantitative estimate of drug-likeness (QED) is 0.397. The Kier molecular flexibility index (Phi) is 6.25. The number of alkyl halides is 2. The summed E-state index contributed by atoms with van der Waals surface area (Å²) < 4.78 is 36.4. The molecule has 4 aromatic rings. The summed E-state index contributed by atoms with van der Waals surface area (Å²) in [4.78, 5) is 11.6. The molecule has 1 unspecified atom stereocenters. The fourth-order valence-corrected chi connectivity index (χ4v) is 4.81. The number of hydrogen-bond donors (Lipinski definition) is 2. The lowest BCUT2D eigenvalue weighted by Gasteiger charge is -2.20. The number of aryl methyl sites for hydroxylation is 2. The van der Waals surface area contributed by atoms with Crippen LogP contribution in [0.5, 0.6) is 5.75 Å². The SMILES string of the molecule is Cc1nc(NC(C)c2cccc(C(F)(F)CO)c2)c2cc(O[C@H]3CCN(C)C3)c3c(cnn3C)c2n1. The number of ether oxygens (including phenoxy) is 1. The van der Waals surface area contributed by atoms with Gasteiger partial charge in [0.15, 0.2) is 0 Å². The number of benzene rings is 2. The summed E-state index contributed by atoms with van der Waals surface area (Å²) in [5, 5.41) is 18.6. The molecule has 0 saturated carbocycles. The van der Waals surface area contributed by atoms with Crippen LogP contribution in [0.4, 0.5) is 14.6 Å². The number of halogens is 2. The number of anilines is 1. The number of aliphatic hydroxyl groups is 1. The molecular weight excluding hydrogens is 466 g/mol. The van der Waals surface area contributed by atoms with Gasteiger partial charge in [-0.3, -0.25) is 4.68 Å². The molecule has 3 heterocycles. The second kappa shape index (κ2) is 9.25. The largest absolute Gasteiger partial charge is 0.487 e. The number of nitrogens with zero attached hydrogens (tertiary/aromatic N) is 5. The van der Waals surface area contributed by atoms with Crippen molar-refractivity contribution in [3.05, 3.63) is 53.5 Å². The Morgan fingerprint density at radius 3 is 2.75 bits per heavy atom. The molecule has 2 aromatic carbocycles. The summed E-state index contributed by atoms with van der Waals surface area (Å²) in [6, 6.07) is 7.68. The molecule has 1 aliphatic rings. The number of likely N-dealkylation sites (N-methyl/N-ethyl adjacent to an activating group) is 1. The first kappa shape index (κ1) is 24.3. The van der Waals surface area contributed by atoms with Crippen LogP contribution >= 0.6 is 0 Å². The van der Waals surface area contributed by atoms with Crippen LogP contribution in [0.3, 0.4) is 0 Å². The van der Waals surface area contributed by atoms with Crippen molar-refractivity contribution in [2.24, 2.45) is 7.05 Å². The molecule has 1 aliphatic heterocycles. The van der Waals surface area contributed by atoms with Crippen molar-refractivity contribution in [3.8, 4) is 5.75 Å². The second-order valence-electron chi connectivity index (χ2n) is 9.57. The number of hydrogen-bond acceptors (Lipinski definition) is 7. The summed E-state index contributed by atoms with van der Waals surface area (Å²) in [7, 11) is 3.96. The van der Waals surface area contributed by atoms with E-state index in [9.17, 15) is 8.78 Å². The van der Waals surface area contributed by atoms with Gasteiger partial charge in [-0.2, -0.15) is 13.9 Å². The number of nitrogens with one attached hydrogen (secondary N) is 1. The van der Waals surface area contributed by atoms with Crippen LogP contribution in [0.2, 0.25) is 0 Å². The zero-order chi connectivity index (χ0) is 25.6. The predicted octanol–water partition coefficient (Wildman–Crippen LogP) is 4.17. The molecule has 0 amide bonds. The molecule has 2 N–H and O–H groups in total. The molecule has 5 rings (SSSR count). The van der Waals surface area contributed by atoms with Gasteiger partial charge >= 0.3 is 0 Å². The van der Waals surface area contributed by atoms with Gasteiger partial charge in [0.25, 0.3) is 5.92 Å². The van der Waals surface area contributed by atoms with E-state index in [2.05, 4.69) is 27.3 Å². The van der Waals surface area contributed by atoms with Gasteiger partial charge in [0.1, 0.15) is 35.6 Å². The molecule has 0 spiro atoms. The summed E-state index contributed by atoms with van der Waals surface area (Å²) in [5.74, 6) is -1.43. The lowest BCUT2D eigenvalue weighted by Crippen LogP contribution is -2.21. The first-order valence-electron chi connectivity index (χ1n) is 12.0. The topological polar surface area (TPSA) is 88.3 Å². The summed E-state index contributed by atoms with van der Waals surface area (Å²) >= 11 is 0. The van der Waals surface area contributed by atoms with E-state index in [0.717, 1.165) is 41.3 Å². The van der Waals surface area contributed by atoms with Gasteiger partial charge in [0, 0.05) is 37.1 Å². The molecule has 0 aliphatic carbocycles. The van der Waals surface area contributed by atoms with Crippen molar-refractivity contribution >= 4 is 27.6 Å². The van der Waals surface area contributed by atoms with Crippen molar-refractivity contribution in [2.45, 2.75) is 38.3 Å². The maximum Gasteiger partial charge on any atom is 0.295 e. The number of aliphatic hydroxyl groups excluding tert-OH is 1. The monoisotopic (exact) mass is 496 g/mol. The highest BCUT2D eigenvalue weighted by Gasteiger charge is 2.31. The van der Waals surface area contributed by atoms with Crippen LogP contribution in [-0.2, 0) is 13.0 Å². The van der Waals surface area contributed by atoms with E-state index in [4.69, 9.17) is 14.8 Å². The van der Waals surface area contributed by atoms with Gasteiger partial charge < -0.3 is 20.1 Å². The van der Waals surface area contributed by atoms with Crippen molar-refractivity contribution in [2.75, 3.05) is 32.1 Å². The third-order valence-electron chi connectivity index (χ3n) is 6.76. The maximum atomic E-state index is 14.1. The van der Waals surface area contributed by atoms with E-state index in [1.165, 1.54) is 12.1 Å². The van der Waals surface area contributed by atoms with Crippen molar-refractivity contribution in [1.82, 2.24) is 24.6 Å². The van der Waals surface area contributed by atoms with E-state index in [-0.39, 0.29) is 17.7 Å². The van der Waals surface area contributed by atoms with E-state index >= 15 is 0 Å². The zero-order valence-electron chi connectivity index (χ0n) is 20.8. The molecule has 0 radical (unpaired) electrons. The number of fused-ring (bicyclic) bond motifs is 3. The average Bonchev–Trinajstić information content (AvgIpc) is 3.45. The Balaban J connectivity index is 1.57. The van der Waals surface area contributed by atoms with Gasteiger partial charge in [-0.25, -0.2) is 9.97 Å². The van der Waals surface area contributed by atoms with Crippen molar-refractivity contribution < 1.29 is 18.6 Å². The Hall–Kier alpha value is -3.37. The molecule has 190 valence electrons. The van der Waals surface area contributed by atoms with Gasteiger partial charge in [-0.05, 0) is 45.0 Å². The third-order valence-corrected chi connectivity index (χ3v) is 6.76. The summed E-state index contributed by atoms with van der Waals surface area (Å²) in [5.41, 5.74) is 2.04. The van der Waals surface area contributed by atoms with Gasteiger partial charge in [0.05, 0.1) is 17.1 Å². The summed E-state index contributed by atoms with van der Waals surface area (Å²) in [6.07, 6.45) is 2.80. The number of likely N-dealkylation sites (tertiary alicyclic amines) is 1. The zero-order valence-corrected chi connectivity index (χ0v) is 20.8. The lowest BCUT2D eigenvalue weighted by atomic mass is 10.0. The molecule has 2 atom stereocenters. The highest BCUT2D eigenvalue weighted by Crippen LogP contribution is 2.37. The van der Waals surface area contributed by atoms with Crippen LogP contribution in [0.25, 0.3) is 21.8 Å². The van der Waals surface area contributed by atoms with Crippen LogP contribution in [-0.4, -0.2) is 62.6 Å². The van der Waals surface area contributed by atoms with E-state index in [1.54, 1.807) is 23.0 Å². The molecule has 10 heteroatoms. The van der Waals surface area contributed by atoms with Gasteiger partial charge in [0.2, 0.25) is 0 Å². The van der Waals surface area contributed by atoms with Gasteiger partial charge in [-0.1, -0.05) is 18.2 Å². The minimum atomic E-state index is -3.31.